The van der Waals surface area contributed by atoms with Gasteiger partial charge in [-0.05, 0) is 68.0 Å². The number of aliphatic carboxylic acids is 1. The van der Waals surface area contributed by atoms with E-state index in [1.807, 2.05) is 12.1 Å². The maximum atomic E-state index is 13.2. The summed E-state index contributed by atoms with van der Waals surface area (Å²) in [5.74, 6) is -0.651. The summed E-state index contributed by atoms with van der Waals surface area (Å²) >= 11 is 1.53. The summed E-state index contributed by atoms with van der Waals surface area (Å²) in [5, 5.41) is 8.81. The molecule has 2 N–H and O–H groups in total. The SMILES string of the molecule is O=C(O)CCCc1ccc(C(CCC2CCCC2)NS(=O)(=O)c2ccc(F)cc2)s1. The second-order valence-corrected chi connectivity index (χ2v) is 10.8. The van der Waals surface area contributed by atoms with Crippen molar-refractivity contribution >= 4 is 27.3 Å². The number of sulfonamides is 1. The van der Waals surface area contributed by atoms with Crippen LogP contribution in [-0.2, 0) is 21.2 Å². The molecule has 3 rings (SSSR count). The van der Waals surface area contributed by atoms with E-state index < -0.39 is 21.8 Å². The molecule has 8 heteroatoms. The number of benzene rings is 1. The predicted molar refractivity (Wildman–Crippen MR) is 116 cm³/mol. The van der Waals surface area contributed by atoms with Crippen LogP contribution in [0.2, 0.25) is 0 Å². The zero-order valence-electron chi connectivity index (χ0n) is 16.8. The smallest absolute Gasteiger partial charge is 0.303 e. The molecule has 1 unspecified atom stereocenters. The van der Waals surface area contributed by atoms with Crippen molar-refractivity contribution in [3.63, 3.8) is 0 Å². The predicted octanol–water partition coefficient (Wildman–Crippen LogP) is 5.28. The van der Waals surface area contributed by atoms with Crippen LogP contribution in [0.5, 0.6) is 0 Å². The molecule has 0 bridgehead atoms. The van der Waals surface area contributed by atoms with Gasteiger partial charge in [0.25, 0.3) is 0 Å². The van der Waals surface area contributed by atoms with E-state index in [9.17, 15) is 17.6 Å². The summed E-state index contributed by atoms with van der Waals surface area (Å²) < 4.78 is 41.8. The summed E-state index contributed by atoms with van der Waals surface area (Å²) in [6.45, 7) is 0. The van der Waals surface area contributed by atoms with Crippen LogP contribution in [-0.4, -0.2) is 19.5 Å². The van der Waals surface area contributed by atoms with E-state index in [0.717, 1.165) is 28.3 Å². The van der Waals surface area contributed by atoms with E-state index in [1.165, 1.54) is 49.2 Å². The maximum absolute atomic E-state index is 13.2. The van der Waals surface area contributed by atoms with Crippen molar-refractivity contribution in [3.8, 4) is 0 Å². The Labute approximate surface area is 181 Å². The van der Waals surface area contributed by atoms with E-state index in [-0.39, 0.29) is 17.4 Å². The Balaban J connectivity index is 1.73. The quantitative estimate of drug-likeness (QED) is 0.485. The highest BCUT2D eigenvalue weighted by Gasteiger charge is 2.25. The molecule has 1 heterocycles. The number of thiophene rings is 1. The number of carbonyl (C=O) groups is 1. The van der Waals surface area contributed by atoms with Gasteiger partial charge >= 0.3 is 5.97 Å². The Kier molecular flexibility index (Phi) is 8.02. The molecule has 0 radical (unpaired) electrons. The minimum absolute atomic E-state index is 0.0491. The van der Waals surface area contributed by atoms with Gasteiger partial charge in [-0.15, -0.1) is 11.3 Å². The topological polar surface area (TPSA) is 83.5 Å². The van der Waals surface area contributed by atoms with Crippen LogP contribution in [0.4, 0.5) is 4.39 Å². The molecular weight excluding hydrogens is 425 g/mol. The number of hydrogen-bond acceptors (Lipinski definition) is 4. The molecule has 1 aromatic carbocycles. The lowest BCUT2D eigenvalue weighted by molar-refractivity contribution is -0.137. The normalized spacial score (nSPS) is 16.0. The molecular formula is C22H28FNO4S2. The standard InChI is InChI=1S/C22H28FNO4S2/c23-17-9-12-19(13-10-17)30(27,28)24-20(14-8-16-4-1-2-5-16)21-15-11-18(29-21)6-3-7-22(25)26/h9-13,15-16,20,24H,1-8,14H2,(H,25,26). The lowest BCUT2D eigenvalue weighted by atomic mass is 9.98. The van der Waals surface area contributed by atoms with E-state index in [4.69, 9.17) is 5.11 Å². The van der Waals surface area contributed by atoms with Crippen LogP contribution in [0.15, 0.2) is 41.3 Å². The first-order valence-corrected chi connectivity index (χ1v) is 12.7. The van der Waals surface area contributed by atoms with Crippen molar-refractivity contribution < 1.29 is 22.7 Å². The van der Waals surface area contributed by atoms with Crippen molar-refractivity contribution in [1.29, 1.82) is 0 Å². The van der Waals surface area contributed by atoms with E-state index in [2.05, 4.69) is 4.72 Å². The monoisotopic (exact) mass is 453 g/mol. The van der Waals surface area contributed by atoms with Gasteiger partial charge in [0.05, 0.1) is 10.9 Å². The largest absolute Gasteiger partial charge is 0.481 e. The molecule has 1 saturated carbocycles. The third kappa shape index (κ3) is 6.62. The van der Waals surface area contributed by atoms with Crippen LogP contribution in [0.1, 0.15) is 67.2 Å². The van der Waals surface area contributed by atoms with E-state index in [1.54, 1.807) is 0 Å². The van der Waals surface area contributed by atoms with Crippen molar-refractivity contribution in [2.75, 3.05) is 0 Å². The zero-order chi connectivity index (χ0) is 21.6. The molecule has 1 fully saturated rings. The lowest BCUT2D eigenvalue weighted by Crippen LogP contribution is -2.28. The fourth-order valence-corrected chi connectivity index (χ4v) is 6.42. The van der Waals surface area contributed by atoms with Crippen LogP contribution in [0.25, 0.3) is 0 Å². The summed E-state index contributed by atoms with van der Waals surface area (Å²) in [4.78, 5) is 12.8. The first-order valence-electron chi connectivity index (χ1n) is 10.4. The Morgan fingerprint density at radius 1 is 1.17 bits per heavy atom. The highest BCUT2D eigenvalue weighted by Crippen LogP contribution is 2.34. The van der Waals surface area contributed by atoms with Crippen LogP contribution >= 0.6 is 11.3 Å². The number of halogens is 1. The van der Waals surface area contributed by atoms with Crippen molar-refractivity contribution in [3.05, 3.63) is 52.0 Å². The summed E-state index contributed by atoms with van der Waals surface area (Å²) in [6, 6.07) is 8.39. The first-order chi connectivity index (χ1) is 14.3. The Morgan fingerprint density at radius 2 is 1.87 bits per heavy atom. The van der Waals surface area contributed by atoms with Crippen molar-refractivity contribution in [2.24, 2.45) is 5.92 Å². The van der Waals surface area contributed by atoms with Gasteiger partial charge in [-0.3, -0.25) is 4.79 Å². The number of nitrogens with one attached hydrogen (secondary N) is 1. The first kappa shape index (κ1) is 22.9. The molecule has 0 spiro atoms. The molecule has 1 aliphatic carbocycles. The summed E-state index contributed by atoms with van der Waals surface area (Å²) in [7, 11) is -3.78. The number of hydrogen-bond donors (Lipinski definition) is 2. The highest BCUT2D eigenvalue weighted by atomic mass is 32.2. The molecule has 0 amide bonds. The Morgan fingerprint density at radius 3 is 2.53 bits per heavy atom. The van der Waals surface area contributed by atoms with Gasteiger partial charge < -0.3 is 5.11 Å². The zero-order valence-corrected chi connectivity index (χ0v) is 18.5. The van der Waals surface area contributed by atoms with Gasteiger partial charge in [0.2, 0.25) is 10.0 Å². The van der Waals surface area contributed by atoms with Gasteiger partial charge in [-0.1, -0.05) is 25.7 Å². The summed E-state index contributed by atoms with van der Waals surface area (Å²) in [6.07, 6.45) is 7.89. The van der Waals surface area contributed by atoms with Crippen LogP contribution < -0.4 is 4.72 Å². The van der Waals surface area contributed by atoms with E-state index >= 15 is 0 Å². The van der Waals surface area contributed by atoms with Gasteiger partial charge in [0, 0.05) is 16.2 Å². The highest BCUT2D eigenvalue weighted by molar-refractivity contribution is 7.89. The minimum Gasteiger partial charge on any atom is -0.481 e. The second-order valence-electron chi connectivity index (χ2n) is 7.91. The fourth-order valence-electron chi connectivity index (χ4n) is 3.96. The third-order valence-electron chi connectivity index (χ3n) is 5.60. The van der Waals surface area contributed by atoms with Crippen LogP contribution in [0, 0.1) is 11.7 Å². The Bertz CT molecular complexity index is 934. The number of carboxylic acid groups (broad SMARTS) is 1. The van der Waals surface area contributed by atoms with Crippen molar-refractivity contribution in [2.45, 2.75) is 68.7 Å². The van der Waals surface area contributed by atoms with Gasteiger partial charge in [0.1, 0.15) is 5.82 Å². The number of rotatable bonds is 11. The maximum Gasteiger partial charge on any atom is 0.303 e. The third-order valence-corrected chi connectivity index (χ3v) is 8.35. The average molecular weight is 454 g/mol. The van der Waals surface area contributed by atoms with Gasteiger partial charge in [-0.25, -0.2) is 17.5 Å². The van der Waals surface area contributed by atoms with Crippen molar-refractivity contribution in [1.82, 2.24) is 4.72 Å². The fraction of sp³-hybridized carbons (Fsp3) is 0.500. The Hall–Kier alpha value is -1.77. The van der Waals surface area contributed by atoms with Crippen LogP contribution in [0.3, 0.4) is 0 Å². The molecule has 1 atom stereocenters. The van der Waals surface area contributed by atoms with Gasteiger partial charge in [0.15, 0.2) is 0 Å². The van der Waals surface area contributed by atoms with Gasteiger partial charge in [-0.2, -0.15) is 0 Å². The molecule has 164 valence electrons. The molecule has 1 aliphatic rings. The van der Waals surface area contributed by atoms with E-state index in [0.29, 0.717) is 25.2 Å². The molecule has 1 aromatic heterocycles. The number of carboxylic acids is 1. The molecule has 2 aromatic rings. The average Bonchev–Trinajstić information content (AvgIpc) is 3.37. The molecule has 0 aliphatic heterocycles. The molecule has 5 nitrogen and oxygen atoms in total. The molecule has 0 saturated heterocycles. The minimum atomic E-state index is -3.78. The second kappa shape index (κ2) is 10.5. The number of aryl methyl sites for hydroxylation is 1. The lowest BCUT2D eigenvalue weighted by Gasteiger charge is -2.19. The molecule has 30 heavy (non-hydrogen) atoms. The summed E-state index contributed by atoms with van der Waals surface area (Å²) in [5.41, 5.74) is 0.